The fourth-order valence-electron chi connectivity index (χ4n) is 1.85. The second-order valence-electron chi connectivity index (χ2n) is 6.17. The Bertz CT molecular complexity index is 626. The Kier molecular flexibility index (Phi) is 7.41. The molecule has 5 nitrogen and oxygen atoms in total. The summed E-state index contributed by atoms with van der Waals surface area (Å²) in [4.78, 5) is 24.3. The molecule has 0 bridgehead atoms. The van der Waals surface area contributed by atoms with Crippen LogP contribution in [0.2, 0.25) is 0 Å². The largest absolute Gasteiger partial charge is 0.478 e. The molecule has 1 aromatic carbocycles. The molecular weight excluding hydrogens is 381 g/mol. The molecule has 0 fully saturated rings. The van der Waals surface area contributed by atoms with Crippen molar-refractivity contribution in [2.45, 2.75) is 39.3 Å². The lowest BCUT2D eigenvalue weighted by Gasteiger charge is -2.27. The number of carboxylic acids is 1. The summed E-state index contributed by atoms with van der Waals surface area (Å²) in [5.41, 5.74) is -0.0612. The van der Waals surface area contributed by atoms with Crippen LogP contribution in [-0.4, -0.2) is 34.2 Å². The summed E-state index contributed by atoms with van der Waals surface area (Å²) < 4.78 is 19.5. The normalized spacial score (nSPS) is 11.5. The molecule has 132 valence electrons. The number of hydrogen-bond acceptors (Lipinski definition) is 3. The Morgan fingerprint density at radius 3 is 2.62 bits per heavy atom. The molecule has 0 radical (unpaired) electrons. The molecule has 1 N–H and O–H groups in total. The van der Waals surface area contributed by atoms with Gasteiger partial charge in [0.2, 0.25) is 0 Å². The number of carbonyl (C=O) groups is 2. The van der Waals surface area contributed by atoms with Gasteiger partial charge in [-0.1, -0.05) is 22.0 Å². The first-order valence-electron chi connectivity index (χ1n) is 7.40. The second-order valence-corrected chi connectivity index (χ2v) is 7.02. The lowest BCUT2D eigenvalue weighted by Crippen LogP contribution is -2.37. The Morgan fingerprint density at radius 1 is 1.38 bits per heavy atom. The molecule has 0 spiro atoms. The number of nitrogens with zero attached hydrogens (tertiary/aromatic N) is 1. The topological polar surface area (TPSA) is 66.8 Å². The first kappa shape index (κ1) is 20.2. The first-order valence-corrected chi connectivity index (χ1v) is 8.19. The number of ether oxygens (including phenoxy) is 1. The smallest absolute Gasteiger partial charge is 0.410 e. The lowest BCUT2D eigenvalue weighted by atomic mass is 10.2. The highest BCUT2D eigenvalue weighted by Crippen LogP contribution is 2.21. The van der Waals surface area contributed by atoms with Crippen LogP contribution in [0.5, 0.6) is 0 Å². The fraction of sp³-hybridized carbons (Fsp3) is 0.412. The van der Waals surface area contributed by atoms with Crippen molar-refractivity contribution in [3.63, 3.8) is 0 Å². The molecule has 1 amide bonds. The van der Waals surface area contributed by atoms with Gasteiger partial charge in [0.15, 0.2) is 0 Å². The third kappa shape index (κ3) is 7.59. The van der Waals surface area contributed by atoms with Crippen molar-refractivity contribution in [2.75, 3.05) is 6.54 Å². The van der Waals surface area contributed by atoms with Gasteiger partial charge in [-0.3, -0.25) is 0 Å². The highest BCUT2D eigenvalue weighted by molar-refractivity contribution is 9.10. The van der Waals surface area contributed by atoms with Gasteiger partial charge in [-0.15, -0.1) is 0 Å². The van der Waals surface area contributed by atoms with E-state index in [1.807, 2.05) is 0 Å². The Balaban J connectivity index is 2.89. The molecule has 7 heteroatoms. The van der Waals surface area contributed by atoms with Crippen LogP contribution >= 0.6 is 15.9 Å². The predicted molar refractivity (Wildman–Crippen MR) is 92.1 cm³/mol. The summed E-state index contributed by atoms with van der Waals surface area (Å²) in [5.74, 6) is -1.45. The Labute approximate surface area is 149 Å². The van der Waals surface area contributed by atoms with E-state index in [4.69, 9.17) is 9.84 Å². The number of rotatable bonds is 6. The number of aliphatic carboxylic acids is 1. The van der Waals surface area contributed by atoms with Crippen molar-refractivity contribution >= 4 is 28.0 Å². The number of halogens is 2. The summed E-state index contributed by atoms with van der Waals surface area (Å²) in [6.45, 7) is 5.67. The number of carbonyl (C=O) groups excluding carboxylic acids is 1. The van der Waals surface area contributed by atoms with Gasteiger partial charge >= 0.3 is 12.1 Å². The van der Waals surface area contributed by atoms with Gasteiger partial charge < -0.3 is 14.7 Å². The molecule has 0 aliphatic heterocycles. The molecule has 0 heterocycles. The summed E-state index contributed by atoms with van der Waals surface area (Å²) in [6, 6.07) is 4.23. The summed E-state index contributed by atoms with van der Waals surface area (Å²) in [5, 5.41) is 8.60. The van der Waals surface area contributed by atoms with Gasteiger partial charge in [0.1, 0.15) is 11.4 Å². The monoisotopic (exact) mass is 401 g/mol. The molecular formula is C17H21BrFNO4. The maximum absolute atomic E-state index is 13.4. The maximum atomic E-state index is 13.4. The molecule has 0 unspecified atom stereocenters. The minimum absolute atomic E-state index is 0.147. The SMILES string of the molecule is CC(C)(C)OC(=O)N(CCC=CC(=O)O)Cc1cc(F)ccc1Br. The van der Waals surface area contributed by atoms with E-state index in [-0.39, 0.29) is 13.1 Å². The van der Waals surface area contributed by atoms with E-state index in [9.17, 15) is 14.0 Å². The molecule has 24 heavy (non-hydrogen) atoms. The lowest BCUT2D eigenvalue weighted by molar-refractivity contribution is -0.131. The molecule has 0 saturated heterocycles. The third-order valence-electron chi connectivity index (χ3n) is 2.85. The van der Waals surface area contributed by atoms with Crippen molar-refractivity contribution in [1.29, 1.82) is 0 Å². The van der Waals surface area contributed by atoms with E-state index in [1.54, 1.807) is 26.8 Å². The van der Waals surface area contributed by atoms with Gasteiger partial charge in [-0.2, -0.15) is 0 Å². The number of carboxylic acid groups (broad SMARTS) is 1. The van der Waals surface area contributed by atoms with E-state index in [0.29, 0.717) is 16.5 Å². The van der Waals surface area contributed by atoms with Crippen LogP contribution in [-0.2, 0) is 16.1 Å². The molecule has 0 saturated carbocycles. The first-order chi connectivity index (χ1) is 11.1. The highest BCUT2D eigenvalue weighted by atomic mass is 79.9. The van der Waals surface area contributed by atoms with E-state index in [0.717, 1.165) is 6.08 Å². The zero-order valence-electron chi connectivity index (χ0n) is 13.9. The van der Waals surface area contributed by atoms with Crippen molar-refractivity contribution in [1.82, 2.24) is 4.90 Å². The standard InChI is InChI=1S/C17H21BrFNO4/c1-17(2,3)24-16(23)20(9-5-4-6-15(21)22)11-12-10-13(19)7-8-14(12)18/h4,6-8,10H,5,9,11H2,1-3H3,(H,21,22). The molecule has 0 aliphatic rings. The molecule has 0 aromatic heterocycles. The van der Waals surface area contributed by atoms with E-state index >= 15 is 0 Å². The Hall–Kier alpha value is -1.89. The van der Waals surface area contributed by atoms with Crippen molar-refractivity contribution < 1.29 is 23.8 Å². The average Bonchev–Trinajstić information content (AvgIpc) is 2.43. The summed E-state index contributed by atoms with van der Waals surface area (Å²) in [6.07, 6.45) is 2.28. The van der Waals surface area contributed by atoms with Crippen LogP contribution in [0, 0.1) is 5.82 Å². The van der Waals surface area contributed by atoms with Gasteiger partial charge in [-0.05, 0) is 51.0 Å². The van der Waals surface area contributed by atoms with Gasteiger partial charge in [0.25, 0.3) is 0 Å². The predicted octanol–water partition coefficient (Wildman–Crippen LogP) is 4.36. The van der Waals surface area contributed by atoms with Gasteiger partial charge in [0.05, 0.1) is 6.54 Å². The maximum Gasteiger partial charge on any atom is 0.410 e. The van der Waals surface area contributed by atoms with Gasteiger partial charge in [-0.25, -0.2) is 14.0 Å². The third-order valence-corrected chi connectivity index (χ3v) is 3.62. The van der Waals surface area contributed by atoms with E-state index in [1.165, 1.54) is 23.1 Å². The second kappa shape index (κ2) is 8.82. The van der Waals surface area contributed by atoms with Crippen molar-refractivity contribution in [3.05, 3.63) is 46.2 Å². The number of amides is 1. The van der Waals surface area contributed by atoms with Crippen molar-refractivity contribution in [2.24, 2.45) is 0 Å². The summed E-state index contributed by atoms with van der Waals surface area (Å²) in [7, 11) is 0. The molecule has 1 aromatic rings. The number of benzene rings is 1. The van der Waals surface area contributed by atoms with Gasteiger partial charge in [0, 0.05) is 17.1 Å². The minimum Gasteiger partial charge on any atom is -0.478 e. The fourth-order valence-corrected chi connectivity index (χ4v) is 2.22. The zero-order valence-corrected chi connectivity index (χ0v) is 15.5. The summed E-state index contributed by atoms with van der Waals surface area (Å²) >= 11 is 3.33. The molecule has 0 aliphatic carbocycles. The quantitative estimate of drug-likeness (QED) is 0.719. The number of hydrogen-bond donors (Lipinski definition) is 1. The van der Waals surface area contributed by atoms with Crippen LogP contribution < -0.4 is 0 Å². The van der Waals surface area contributed by atoms with Crippen molar-refractivity contribution in [3.8, 4) is 0 Å². The van der Waals surface area contributed by atoms with E-state index in [2.05, 4.69) is 15.9 Å². The van der Waals surface area contributed by atoms with Crippen LogP contribution in [0.25, 0.3) is 0 Å². The minimum atomic E-state index is -1.05. The van der Waals surface area contributed by atoms with Crippen LogP contribution in [0.15, 0.2) is 34.8 Å². The van der Waals surface area contributed by atoms with Crippen LogP contribution in [0.4, 0.5) is 9.18 Å². The van der Waals surface area contributed by atoms with Crippen LogP contribution in [0.1, 0.15) is 32.8 Å². The molecule has 0 atom stereocenters. The Morgan fingerprint density at radius 2 is 2.04 bits per heavy atom. The molecule has 1 rings (SSSR count). The average molecular weight is 402 g/mol. The highest BCUT2D eigenvalue weighted by Gasteiger charge is 2.22. The van der Waals surface area contributed by atoms with Crippen LogP contribution in [0.3, 0.4) is 0 Å². The van der Waals surface area contributed by atoms with E-state index < -0.39 is 23.5 Å². The zero-order chi connectivity index (χ0) is 18.3.